The van der Waals surface area contributed by atoms with Gasteiger partial charge in [0.05, 0.1) is 34.1 Å². The van der Waals surface area contributed by atoms with Gasteiger partial charge in [0.1, 0.15) is 0 Å². The van der Waals surface area contributed by atoms with Crippen molar-refractivity contribution in [2.75, 3.05) is 33.8 Å². The normalized spacial score (nSPS) is 11.2. The summed E-state index contributed by atoms with van der Waals surface area (Å²) in [5.74, 6) is 1.16. The van der Waals surface area contributed by atoms with Crippen molar-refractivity contribution in [3.05, 3.63) is 77.5 Å². The van der Waals surface area contributed by atoms with Crippen LogP contribution in [0, 0.1) is 0 Å². The number of hydrogen-bond acceptors (Lipinski definition) is 6. The van der Waals surface area contributed by atoms with Gasteiger partial charge in [-0.05, 0) is 47.5 Å². The Morgan fingerprint density at radius 3 is 2.22 bits per heavy atom. The molecule has 0 radical (unpaired) electrons. The molecule has 0 fully saturated rings. The lowest BCUT2D eigenvalue weighted by molar-refractivity contribution is -0.111. The molecule has 1 aromatic heterocycles. The van der Waals surface area contributed by atoms with Gasteiger partial charge in [-0.1, -0.05) is 30.4 Å². The number of methoxy groups -OCH3 is 4. The highest BCUT2D eigenvalue weighted by Gasteiger charge is 2.15. The Labute approximate surface area is 214 Å². The molecule has 4 aromatic rings. The highest BCUT2D eigenvalue weighted by molar-refractivity contribution is 6.05. The number of benzene rings is 3. The Balaban J connectivity index is 1.63. The molecule has 190 valence electrons. The Morgan fingerprint density at radius 1 is 0.838 bits per heavy atom. The molecule has 0 saturated carbocycles. The number of phenols is 1. The van der Waals surface area contributed by atoms with Crippen LogP contribution in [0.25, 0.3) is 29.1 Å². The second-order valence-corrected chi connectivity index (χ2v) is 7.98. The Hall–Kier alpha value is -4.85. The van der Waals surface area contributed by atoms with Crippen LogP contribution in [0.4, 0.5) is 5.69 Å². The zero-order chi connectivity index (χ0) is 26.4. The van der Waals surface area contributed by atoms with E-state index in [0.29, 0.717) is 22.8 Å². The Kier molecular flexibility index (Phi) is 7.68. The minimum atomic E-state index is -0.406. The van der Waals surface area contributed by atoms with Crippen molar-refractivity contribution in [3.8, 4) is 28.7 Å². The lowest BCUT2D eigenvalue weighted by atomic mass is 10.1. The van der Waals surface area contributed by atoms with E-state index in [1.165, 1.54) is 20.3 Å². The van der Waals surface area contributed by atoms with Crippen molar-refractivity contribution in [2.45, 2.75) is 0 Å². The van der Waals surface area contributed by atoms with E-state index in [4.69, 9.17) is 18.9 Å². The molecule has 37 heavy (non-hydrogen) atoms. The third-order valence-corrected chi connectivity index (χ3v) is 5.82. The maximum atomic E-state index is 12.8. The van der Waals surface area contributed by atoms with Crippen LogP contribution < -0.4 is 24.3 Å². The van der Waals surface area contributed by atoms with E-state index in [9.17, 15) is 9.90 Å². The topological polar surface area (TPSA) is 102 Å². The van der Waals surface area contributed by atoms with E-state index in [1.807, 2.05) is 36.5 Å². The lowest BCUT2D eigenvalue weighted by Gasteiger charge is -2.14. The minimum absolute atomic E-state index is 0.177. The van der Waals surface area contributed by atoms with Gasteiger partial charge in [0.2, 0.25) is 11.7 Å². The molecule has 0 aliphatic rings. The molecule has 0 atom stereocenters. The van der Waals surface area contributed by atoms with E-state index >= 15 is 0 Å². The molecule has 0 saturated heterocycles. The Morgan fingerprint density at radius 2 is 1.54 bits per heavy atom. The van der Waals surface area contributed by atoms with Gasteiger partial charge in [0.25, 0.3) is 0 Å². The molecule has 3 aromatic carbocycles. The highest BCUT2D eigenvalue weighted by Crippen LogP contribution is 2.40. The number of rotatable bonds is 9. The van der Waals surface area contributed by atoms with Crippen molar-refractivity contribution in [2.24, 2.45) is 0 Å². The lowest BCUT2D eigenvalue weighted by Crippen LogP contribution is -2.09. The van der Waals surface area contributed by atoms with Gasteiger partial charge in [-0.15, -0.1) is 0 Å². The molecule has 0 unspecified atom stereocenters. The van der Waals surface area contributed by atoms with Crippen LogP contribution in [0.1, 0.15) is 16.7 Å². The number of amides is 1. The molecule has 1 heterocycles. The number of aromatic amines is 1. The second kappa shape index (κ2) is 11.3. The summed E-state index contributed by atoms with van der Waals surface area (Å²) in [6.07, 6.45) is 8.54. The first-order valence-corrected chi connectivity index (χ1v) is 11.4. The van der Waals surface area contributed by atoms with Gasteiger partial charge in [-0.3, -0.25) is 4.79 Å². The first-order valence-electron chi connectivity index (χ1n) is 11.4. The van der Waals surface area contributed by atoms with Gasteiger partial charge in [-0.25, -0.2) is 0 Å². The SMILES string of the molecule is COc1ccc(C=Cc2cc(OC)c(OC)c(OC)c2)c(NC(=O)/C=C/c2c[nH]c3ccccc23)c1O. The summed E-state index contributed by atoms with van der Waals surface area (Å²) in [6, 6.07) is 14.8. The van der Waals surface area contributed by atoms with Crippen molar-refractivity contribution in [1.82, 2.24) is 4.98 Å². The zero-order valence-corrected chi connectivity index (χ0v) is 21.0. The maximum Gasteiger partial charge on any atom is 0.248 e. The van der Waals surface area contributed by atoms with E-state index in [0.717, 1.165) is 22.0 Å². The van der Waals surface area contributed by atoms with E-state index in [2.05, 4.69) is 10.3 Å². The molecular weight excluding hydrogens is 472 g/mol. The number of fused-ring (bicyclic) bond motifs is 1. The molecule has 0 aliphatic carbocycles. The maximum absolute atomic E-state index is 12.8. The van der Waals surface area contributed by atoms with Crippen LogP contribution in [0.3, 0.4) is 0 Å². The molecule has 8 nitrogen and oxygen atoms in total. The van der Waals surface area contributed by atoms with Gasteiger partial charge in [0, 0.05) is 28.7 Å². The smallest absolute Gasteiger partial charge is 0.248 e. The molecular formula is C29H28N2O6. The van der Waals surface area contributed by atoms with Crippen molar-refractivity contribution in [1.29, 1.82) is 0 Å². The molecule has 4 rings (SSSR count). The molecule has 0 aliphatic heterocycles. The highest BCUT2D eigenvalue weighted by atomic mass is 16.5. The number of aromatic hydroxyl groups is 1. The number of H-pyrrole nitrogens is 1. The number of aromatic nitrogens is 1. The van der Waals surface area contributed by atoms with Crippen molar-refractivity contribution < 1.29 is 28.8 Å². The Bertz CT molecular complexity index is 1460. The summed E-state index contributed by atoms with van der Waals surface area (Å²) in [4.78, 5) is 16.0. The average Bonchev–Trinajstić information content (AvgIpc) is 3.34. The zero-order valence-electron chi connectivity index (χ0n) is 21.0. The van der Waals surface area contributed by atoms with Crippen LogP contribution in [-0.2, 0) is 4.79 Å². The number of hydrogen-bond donors (Lipinski definition) is 3. The summed E-state index contributed by atoms with van der Waals surface area (Å²) in [6.45, 7) is 0. The van der Waals surface area contributed by atoms with Crippen LogP contribution in [0.15, 0.2) is 60.8 Å². The number of carbonyl (C=O) groups is 1. The van der Waals surface area contributed by atoms with Gasteiger partial charge in [-0.2, -0.15) is 0 Å². The average molecular weight is 501 g/mol. The number of anilines is 1. The molecule has 0 bridgehead atoms. The fraction of sp³-hybridized carbons (Fsp3) is 0.138. The second-order valence-electron chi connectivity index (χ2n) is 7.98. The van der Waals surface area contributed by atoms with E-state index < -0.39 is 5.91 Å². The number of phenolic OH excluding ortho intramolecular Hbond substituents is 1. The molecule has 8 heteroatoms. The van der Waals surface area contributed by atoms with Crippen LogP contribution in [-0.4, -0.2) is 44.4 Å². The van der Waals surface area contributed by atoms with E-state index in [-0.39, 0.29) is 17.2 Å². The predicted molar refractivity (Wildman–Crippen MR) is 146 cm³/mol. The molecule has 3 N–H and O–H groups in total. The summed E-state index contributed by atoms with van der Waals surface area (Å²) in [7, 11) is 6.08. The fourth-order valence-electron chi connectivity index (χ4n) is 3.97. The van der Waals surface area contributed by atoms with Gasteiger partial charge < -0.3 is 34.4 Å². The summed E-state index contributed by atoms with van der Waals surface area (Å²) in [5.41, 5.74) is 3.41. The molecule has 0 spiro atoms. The third-order valence-electron chi connectivity index (χ3n) is 5.82. The quantitative estimate of drug-likeness (QED) is 0.154. The number of para-hydroxylation sites is 1. The predicted octanol–water partition coefficient (Wildman–Crippen LogP) is 5.73. The van der Waals surface area contributed by atoms with Crippen molar-refractivity contribution >= 4 is 40.7 Å². The standard InChI is InChI=1S/C29H28N2O6/c1-34-23-13-11-19(10-9-18-15-24(35-2)29(37-4)25(16-18)36-3)27(28(23)33)31-26(32)14-12-20-17-30-22-8-6-5-7-21(20)22/h5-17,30,33H,1-4H3,(H,31,32)/b10-9?,14-12+. The van der Waals surface area contributed by atoms with Crippen LogP contribution in [0.2, 0.25) is 0 Å². The number of nitrogens with one attached hydrogen (secondary N) is 2. The first kappa shape index (κ1) is 25.2. The summed E-state index contributed by atoms with van der Waals surface area (Å²) >= 11 is 0. The van der Waals surface area contributed by atoms with E-state index in [1.54, 1.807) is 50.6 Å². The fourth-order valence-corrected chi connectivity index (χ4v) is 3.97. The van der Waals surface area contributed by atoms with Crippen molar-refractivity contribution in [3.63, 3.8) is 0 Å². The monoisotopic (exact) mass is 500 g/mol. The summed E-state index contributed by atoms with van der Waals surface area (Å²) in [5, 5.41) is 14.6. The summed E-state index contributed by atoms with van der Waals surface area (Å²) < 4.78 is 21.5. The first-order chi connectivity index (χ1) is 18.0. The minimum Gasteiger partial charge on any atom is -0.503 e. The van der Waals surface area contributed by atoms with Crippen LogP contribution in [0.5, 0.6) is 28.7 Å². The van der Waals surface area contributed by atoms with Gasteiger partial charge in [0.15, 0.2) is 23.0 Å². The molecule has 1 amide bonds. The third kappa shape index (κ3) is 5.38. The number of ether oxygens (including phenoxy) is 4. The number of carbonyl (C=O) groups excluding carboxylic acids is 1. The largest absolute Gasteiger partial charge is 0.503 e. The van der Waals surface area contributed by atoms with Gasteiger partial charge >= 0.3 is 0 Å². The van der Waals surface area contributed by atoms with Crippen LogP contribution >= 0.6 is 0 Å².